The predicted molar refractivity (Wildman–Crippen MR) is 96.2 cm³/mol. The van der Waals surface area contributed by atoms with Crippen molar-refractivity contribution in [3.63, 3.8) is 0 Å². The molecule has 3 aromatic rings. The van der Waals surface area contributed by atoms with E-state index in [-0.39, 0.29) is 0 Å². The van der Waals surface area contributed by atoms with Gasteiger partial charge in [-0.15, -0.1) is 0 Å². The van der Waals surface area contributed by atoms with Crippen molar-refractivity contribution >= 4 is 34.5 Å². The molecule has 0 amide bonds. The third kappa shape index (κ3) is 2.77. The Bertz CT molecular complexity index is 1020. The Morgan fingerprint density at radius 1 is 1.31 bits per heavy atom. The van der Waals surface area contributed by atoms with Crippen molar-refractivity contribution in [2.24, 2.45) is 0 Å². The zero-order chi connectivity index (χ0) is 18.3. The number of carbonyl (C=O) groups is 2. The Morgan fingerprint density at radius 3 is 2.81 bits per heavy atom. The number of methoxy groups -OCH3 is 1. The highest BCUT2D eigenvalue weighted by atomic mass is 16.5. The second kappa shape index (κ2) is 6.18. The molecular formula is C19H17N3O4. The monoisotopic (exact) mass is 351 g/mol. The van der Waals surface area contributed by atoms with Crippen molar-refractivity contribution in [2.75, 3.05) is 12.4 Å². The molecule has 0 radical (unpaired) electrons. The predicted octanol–water partition coefficient (Wildman–Crippen LogP) is 3.97. The van der Waals surface area contributed by atoms with Gasteiger partial charge in [0, 0.05) is 23.5 Å². The number of hydrogen-bond donors (Lipinski definition) is 2. The third-order valence-corrected chi connectivity index (χ3v) is 4.55. The van der Waals surface area contributed by atoms with Crippen molar-refractivity contribution in [1.29, 1.82) is 0 Å². The van der Waals surface area contributed by atoms with E-state index in [4.69, 9.17) is 4.74 Å². The van der Waals surface area contributed by atoms with E-state index in [9.17, 15) is 14.7 Å². The van der Waals surface area contributed by atoms with Crippen LogP contribution < -0.4 is 5.32 Å². The highest BCUT2D eigenvalue weighted by Crippen LogP contribution is 2.41. The molecule has 7 heteroatoms. The second-order valence-electron chi connectivity index (χ2n) is 6.26. The average molecular weight is 351 g/mol. The zero-order valence-electron chi connectivity index (χ0n) is 14.1. The Kier molecular flexibility index (Phi) is 3.84. The zero-order valence-corrected chi connectivity index (χ0v) is 14.1. The Labute approximate surface area is 149 Å². The van der Waals surface area contributed by atoms with Crippen LogP contribution in [-0.2, 0) is 4.74 Å². The lowest BCUT2D eigenvalue weighted by Gasteiger charge is -2.12. The summed E-state index contributed by atoms with van der Waals surface area (Å²) in [6, 6.07) is 8.82. The maximum atomic E-state index is 12.2. The number of carbonyl (C=O) groups excluding carboxylic acids is 1. The van der Waals surface area contributed by atoms with E-state index in [0.717, 1.165) is 28.4 Å². The molecule has 0 atom stereocenters. The molecule has 2 aromatic heterocycles. The van der Waals surface area contributed by atoms with Gasteiger partial charge in [-0.25, -0.2) is 14.6 Å². The topological polar surface area (TPSA) is 93.5 Å². The molecular weight excluding hydrogens is 334 g/mol. The van der Waals surface area contributed by atoms with Crippen LogP contribution in [0.3, 0.4) is 0 Å². The first-order chi connectivity index (χ1) is 12.6. The van der Waals surface area contributed by atoms with E-state index in [1.165, 1.54) is 13.3 Å². The quantitative estimate of drug-likeness (QED) is 0.691. The molecule has 1 fully saturated rings. The number of esters is 1. The molecule has 1 saturated carbocycles. The van der Waals surface area contributed by atoms with Crippen LogP contribution in [0.1, 0.15) is 34.7 Å². The fourth-order valence-corrected chi connectivity index (χ4v) is 3.06. The lowest BCUT2D eigenvalue weighted by Crippen LogP contribution is -2.09. The maximum absolute atomic E-state index is 12.2. The number of nitrogens with zero attached hydrogens (tertiary/aromatic N) is 2. The summed E-state index contributed by atoms with van der Waals surface area (Å²) < 4.78 is 6.04. The summed E-state index contributed by atoms with van der Waals surface area (Å²) in [6.45, 7) is 0. The first-order valence-corrected chi connectivity index (χ1v) is 8.27. The first-order valence-electron chi connectivity index (χ1n) is 8.27. The minimum absolute atomic E-state index is 0.367. The van der Waals surface area contributed by atoms with Gasteiger partial charge in [-0.3, -0.25) is 4.57 Å². The van der Waals surface area contributed by atoms with Crippen LogP contribution in [0.4, 0.5) is 16.3 Å². The number of pyridine rings is 1. The number of ether oxygens (including phenoxy) is 1. The molecule has 26 heavy (non-hydrogen) atoms. The second-order valence-corrected chi connectivity index (χ2v) is 6.26. The van der Waals surface area contributed by atoms with Crippen LogP contribution >= 0.6 is 0 Å². The van der Waals surface area contributed by atoms with Gasteiger partial charge in [-0.05, 0) is 48.6 Å². The van der Waals surface area contributed by atoms with Crippen LogP contribution in [0.25, 0.3) is 10.9 Å². The summed E-state index contributed by atoms with van der Waals surface area (Å²) in [4.78, 5) is 27.9. The van der Waals surface area contributed by atoms with Gasteiger partial charge in [-0.2, -0.15) is 0 Å². The van der Waals surface area contributed by atoms with Gasteiger partial charge in [0.2, 0.25) is 0 Å². The molecule has 0 spiro atoms. The smallest absolute Gasteiger partial charge is 0.416 e. The Balaban J connectivity index is 1.76. The number of nitrogens with one attached hydrogen (secondary N) is 1. The van der Waals surface area contributed by atoms with Crippen molar-refractivity contribution in [2.45, 2.75) is 18.8 Å². The van der Waals surface area contributed by atoms with Gasteiger partial charge in [0.15, 0.2) is 0 Å². The van der Waals surface area contributed by atoms with Gasteiger partial charge in [0.05, 0.1) is 12.6 Å². The summed E-state index contributed by atoms with van der Waals surface area (Å²) in [5.41, 5.74) is 2.62. The summed E-state index contributed by atoms with van der Waals surface area (Å²) in [5, 5.41) is 13.1. The van der Waals surface area contributed by atoms with Gasteiger partial charge in [-0.1, -0.05) is 6.07 Å². The number of benzene rings is 1. The number of fused-ring (bicyclic) bond motifs is 1. The number of carboxylic acid groups (broad SMARTS) is 1. The van der Waals surface area contributed by atoms with Crippen molar-refractivity contribution in [3.05, 3.63) is 53.9 Å². The Hall–Kier alpha value is -3.35. The Morgan fingerprint density at radius 2 is 2.12 bits per heavy atom. The third-order valence-electron chi connectivity index (χ3n) is 4.55. The van der Waals surface area contributed by atoms with Crippen LogP contribution in [0, 0.1) is 0 Å². The van der Waals surface area contributed by atoms with E-state index in [1.54, 1.807) is 24.4 Å². The van der Waals surface area contributed by atoms with Gasteiger partial charge >= 0.3 is 12.1 Å². The van der Waals surface area contributed by atoms with E-state index in [2.05, 4.69) is 10.3 Å². The van der Waals surface area contributed by atoms with E-state index < -0.39 is 12.1 Å². The highest BCUT2D eigenvalue weighted by molar-refractivity contribution is 6.00. The fourth-order valence-electron chi connectivity index (χ4n) is 3.06. The molecule has 2 heterocycles. The standard InChI is InChI=1S/C19H17N3O4/c1-26-18(23)14-9-12(11-5-6-11)10-20-17(14)21-15-3-2-4-16-13(15)7-8-22(16)19(24)25/h2-4,7-11H,5-6H2,1H3,(H,20,21)(H,24,25). The molecule has 1 aliphatic carbocycles. The molecule has 132 valence electrons. The van der Waals surface area contributed by atoms with E-state index in [0.29, 0.717) is 28.5 Å². The molecule has 0 bridgehead atoms. The molecule has 0 unspecified atom stereocenters. The number of aromatic nitrogens is 2. The minimum Gasteiger partial charge on any atom is -0.465 e. The normalized spacial score (nSPS) is 13.6. The van der Waals surface area contributed by atoms with E-state index in [1.807, 2.05) is 12.1 Å². The fraction of sp³-hybridized carbons (Fsp3) is 0.211. The van der Waals surface area contributed by atoms with Crippen LogP contribution in [-0.4, -0.2) is 33.8 Å². The molecule has 1 aliphatic rings. The molecule has 2 N–H and O–H groups in total. The van der Waals surface area contributed by atoms with Gasteiger partial charge < -0.3 is 15.2 Å². The number of hydrogen-bond acceptors (Lipinski definition) is 5. The van der Waals surface area contributed by atoms with Crippen molar-refractivity contribution in [1.82, 2.24) is 9.55 Å². The first kappa shape index (κ1) is 16.1. The molecule has 1 aromatic carbocycles. The largest absolute Gasteiger partial charge is 0.465 e. The summed E-state index contributed by atoms with van der Waals surface area (Å²) >= 11 is 0. The molecule has 0 aliphatic heterocycles. The maximum Gasteiger partial charge on any atom is 0.416 e. The summed E-state index contributed by atoms with van der Waals surface area (Å²) in [6.07, 6.45) is 4.42. The van der Waals surface area contributed by atoms with E-state index >= 15 is 0 Å². The lowest BCUT2D eigenvalue weighted by molar-refractivity contribution is 0.0601. The van der Waals surface area contributed by atoms with Crippen LogP contribution in [0.5, 0.6) is 0 Å². The molecule has 7 nitrogen and oxygen atoms in total. The number of anilines is 2. The van der Waals surface area contributed by atoms with Gasteiger partial charge in [0.1, 0.15) is 11.4 Å². The molecule has 0 saturated heterocycles. The highest BCUT2D eigenvalue weighted by Gasteiger charge is 2.26. The average Bonchev–Trinajstić information content (AvgIpc) is 3.39. The minimum atomic E-state index is -1.06. The summed E-state index contributed by atoms with van der Waals surface area (Å²) in [7, 11) is 1.34. The number of rotatable bonds is 4. The van der Waals surface area contributed by atoms with Crippen molar-refractivity contribution in [3.8, 4) is 0 Å². The van der Waals surface area contributed by atoms with Crippen LogP contribution in [0.15, 0.2) is 42.7 Å². The molecule has 4 rings (SSSR count). The summed E-state index contributed by atoms with van der Waals surface area (Å²) in [5.74, 6) is 0.391. The van der Waals surface area contributed by atoms with Gasteiger partial charge in [0.25, 0.3) is 0 Å². The van der Waals surface area contributed by atoms with Crippen molar-refractivity contribution < 1.29 is 19.4 Å². The SMILES string of the molecule is COC(=O)c1cc(C2CC2)cnc1Nc1cccc2c1ccn2C(=O)O. The lowest BCUT2D eigenvalue weighted by atomic mass is 10.1. The van der Waals surface area contributed by atoms with Crippen LogP contribution in [0.2, 0.25) is 0 Å².